The van der Waals surface area contributed by atoms with Crippen molar-refractivity contribution in [2.24, 2.45) is 0 Å². The van der Waals surface area contributed by atoms with Gasteiger partial charge in [-0.3, -0.25) is 14.4 Å². The van der Waals surface area contributed by atoms with Gasteiger partial charge in [0.1, 0.15) is 17.7 Å². The van der Waals surface area contributed by atoms with E-state index in [1.165, 1.54) is 18.1 Å². The molecule has 0 unspecified atom stereocenters. The zero-order valence-electron chi connectivity index (χ0n) is 15.9. The number of halogens is 1. The van der Waals surface area contributed by atoms with Gasteiger partial charge < -0.3 is 14.7 Å². The van der Waals surface area contributed by atoms with Gasteiger partial charge in [-0.05, 0) is 18.2 Å². The van der Waals surface area contributed by atoms with E-state index in [1.54, 1.807) is 26.2 Å². The fourth-order valence-corrected chi connectivity index (χ4v) is 3.20. The molecule has 0 fully saturated rings. The first-order chi connectivity index (χ1) is 12.9. The Morgan fingerprint density at radius 3 is 2.89 bits per heavy atom. The second-order valence-corrected chi connectivity index (χ2v) is 6.92. The summed E-state index contributed by atoms with van der Waals surface area (Å²) in [5.74, 6) is 0.0980. The molecule has 0 aliphatic carbocycles. The standard InChI is InChI=1S/C19H25FN4O3/c1-22(2)19(26)10-17(25)16-9-13-11-23(7-8-24(13)21-16)12-14-15(20)5-4-6-18(14)27-3/h4-6,9,17,25H,7-8,10-12H2,1-3H3/t17-/m1/s1. The first kappa shape index (κ1) is 19.3. The third-order valence-corrected chi connectivity index (χ3v) is 4.78. The number of ether oxygens (including phenoxy) is 1. The molecule has 2 aromatic rings. The van der Waals surface area contributed by atoms with Crippen molar-refractivity contribution in [3.05, 3.63) is 47.0 Å². The minimum Gasteiger partial charge on any atom is -0.496 e. The van der Waals surface area contributed by atoms with Crippen molar-refractivity contribution in [3.63, 3.8) is 0 Å². The van der Waals surface area contributed by atoms with E-state index >= 15 is 0 Å². The number of aromatic nitrogens is 2. The average molecular weight is 376 g/mol. The Morgan fingerprint density at radius 1 is 1.41 bits per heavy atom. The molecule has 1 amide bonds. The maximum absolute atomic E-state index is 14.2. The SMILES string of the molecule is COc1cccc(F)c1CN1CCn2nc([C@H](O)CC(=O)N(C)C)cc2C1. The zero-order chi connectivity index (χ0) is 19.6. The Labute approximate surface area is 157 Å². The third kappa shape index (κ3) is 4.28. The van der Waals surface area contributed by atoms with E-state index in [-0.39, 0.29) is 18.1 Å². The number of aliphatic hydroxyl groups is 1. The first-order valence-corrected chi connectivity index (χ1v) is 8.87. The van der Waals surface area contributed by atoms with Crippen LogP contribution in [0.15, 0.2) is 24.3 Å². The number of carbonyl (C=O) groups is 1. The van der Waals surface area contributed by atoms with E-state index < -0.39 is 6.10 Å². The van der Waals surface area contributed by atoms with Crippen molar-refractivity contribution in [1.29, 1.82) is 0 Å². The number of methoxy groups -OCH3 is 1. The lowest BCUT2D eigenvalue weighted by Crippen LogP contribution is -2.33. The van der Waals surface area contributed by atoms with Crippen LogP contribution in [0.2, 0.25) is 0 Å². The molecule has 27 heavy (non-hydrogen) atoms. The molecule has 1 N–H and O–H groups in total. The molecule has 2 heterocycles. The summed E-state index contributed by atoms with van der Waals surface area (Å²) in [6.07, 6.45) is -0.933. The van der Waals surface area contributed by atoms with Gasteiger partial charge >= 0.3 is 0 Å². The number of nitrogens with zero attached hydrogens (tertiary/aromatic N) is 4. The number of aliphatic hydroxyl groups excluding tert-OH is 1. The van der Waals surface area contributed by atoms with Crippen molar-refractivity contribution >= 4 is 5.91 Å². The average Bonchev–Trinajstić information content (AvgIpc) is 3.06. The molecule has 0 saturated heterocycles. The number of amides is 1. The number of carbonyl (C=O) groups excluding carboxylic acids is 1. The van der Waals surface area contributed by atoms with Crippen molar-refractivity contribution in [3.8, 4) is 5.75 Å². The Morgan fingerprint density at radius 2 is 2.19 bits per heavy atom. The summed E-state index contributed by atoms with van der Waals surface area (Å²) in [5.41, 5.74) is 1.96. The van der Waals surface area contributed by atoms with Gasteiger partial charge in [-0.15, -0.1) is 0 Å². The number of hydrogen-bond donors (Lipinski definition) is 1. The molecule has 1 aromatic heterocycles. The van der Waals surface area contributed by atoms with Gasteiger partial charge in [0.15, 0.2) is 0 Å². The maximum Gasteiger partial charge on any atom is 0.225 e. The molecule has 1 aliphatic rings. The van der Waals surface area contributed by atoms with Gasteiger partial charge in [0.25, 0.3) is 0 Å². The fraction of sp³-hybridized carbons (Fsp3) is 0.474. The quantitative estimate of drug-likeness (QED) is 0.829. The highest BCUT2D eigenvalue weighted by atomic mass is 19.1. The predicted molar refractivity (Wildman–Crippen MR) is 97.6 cm³/mol. The minimum atomic E-state index is -0.932. The van der Waals surface area contributed by atoms with Crippen LogP contribution >= 0.6 is 0 Å². The fourth-order valence-electron chi connectivity index (χ4n) is 3.20. The highest BCUT2D eigenvalue weighted by Crippen LogP contribution is 2.26. The van der Waals surface area contributed by atoms with Gasteiger partial charge in [-0.25, -0.2) is 4.39 Å². The van der Waals surface area contributed by atoms with Crippen LogP contribution < -0.4 is 4.74 Å². The van der Waals surface area contributed by atoms with Crippen LogP contribution in [0.4, 0.5) is 4.39 Å². The molecule has 1 atom stereocenters. The van der Waals surface area contributed by atoms with Crippen molar-refractivity contribution in [2.45, 2.75) is 32.2 Å². The molecule has 0 bridgehead atoms. The molecule has 146 valence electrons. The summed E-state index contributed by atoms with van der Waals surface area (Å²) in [7, 11) is 4.84. The number of rotatable bonds is 6. The van der Waals surface area contributed by atoms with E-state index in [2.05, 4.69) is 10.00 Å². The summed E-state index contributed by atoms with van der Waals surface area (Å²) >= 11 is 0. The van der Waals surface area contributed by atoms with Gasteiger partial charge in [0, 0.05) is 39.3 Å². The molecule has 1 aromatic carbocycles. The zero-order valence-corrected chi connectivity index (χ0v) is 15.9. The Balaban J connectivity index is 1.70. The summed E-state index contributed by atoms with van der Waals surface area (Å²) in [4.78, 5) is 15.4. The van der Waals surface area contributed by atoms with Crippen molar-refractivity contribution in [1.82, 2.24) is 19.6 Å². The van der Waals surface area contributed by atoms with Crippen LogP contribution in [0, 0.1) is 5.82 Å². The van der Waals surface area contributed by atoms with E-state index in [9.17, 15) is 14.3 Å². The molecule has 1 aliphatic heterocycles. The van der Waals surface area contributed by atoms with Gasteiger partial charge in [0.05, 0.1) is 31.5 Å². The van der Waals surface area contributed by atoms with Crippen LogP contribution in [0.3, 0.4) is 0 Å². The monoisotopic (exact) mass is 376 g/mol. The molecule has 3 rings (SSSR count). The lowest BCUT2D eigenvalue weighted by Gasteiger charge is -2.28. The number of fused-ring (bicyclic) bond motifs is 1. The van der Waals surface area contributed by atoms with Gasteiger partial charge in [0.2, 0.25) is 5.91 Å². The van der Waals surface area contributed by atoms with E-state index in [1.807, 2.05) is 10.7 Å². The highest BCUT2D eigenvalue weighted by Gasteiger charge is 2.24. The van der Waals surface area contributed by atoms with Gasteiger partial charge in [-0.1, -0.05) is 6.07 Å². The van der Waals surface area contributed by atoms with E-state index in [4.69, 9.17) is 4.74 Å². The number of hydrogen-bond acceptors (Lipinski definition) is 5. The topological polar surface area (TPSA) is 70.8 Å². The minimum absolute atomic E-state index is 0.000404. The summed E-state index contributed by atoms with van der Waals surface area (Å²) in [6.45, 7) is 2.36. The number of benzene rings is 1. The molecular weight excluding hydrogens is 351 g/mol. The Hall–Kier alpha value is -2.45. The molecule has 0 radical (unpaired) electrons. The van der Waals surface area contributed by atoms with Crippen LogP contribution in [0.25, 0.3) is 0 Å². The maximum atomic E-state index is 14.2. The lowest BCUT2D eigenvalue weighted by molar-refractivity contribution is -0.130. The highest BCUT2D eigenvalue weighted by molar-refractivity contribution is 5.76. The normalized spacial score (nSPS) is 15.3. The molecule has 8 heteroatoms. The summed E-state index contributed by atoms with van der Waals surface area (Å²) in [5, 5.41) is 14.7. The lowest BCUT2D eigenvalue weighted by atomic mass is 10.1. The van der Waals surface area contributed by atoms with Crippen LogP contribution in [0.5, 0.6) is 5.75 Å². The molecular formula is C19H25FN4O3. The molecule has 0 saturated carbocycles. The molecule has 7 nitrogen and oxygen atoms in total. The summed E-state index contributed by atoms with van der Waals surface area (Å²) < 4.78 is 21.3. The largest absolute Gasteiger partial charge is 0.496 e. The molecule has 0 spiro atoms. The van der Waals surface area contributed by atoms with E-state index in [0.717, 1.165) is 5.69 Å². The predicted octanol–water partition coefficient (Wildman–Crippen LogP) is 1.56. The first-order valence-electron chi connectivity index (χ1n) is 8.87. The van der Waals surface area contributed by atoms with E-state index in [0.29, 0.717) is 43.2 Å². The van der Waals surface area contributed by atoms with Crippen LogP contribution in [-0.2, 0) is 24.4 Å². The Bertz CT molecular complexity index is 821. The Kier molecular flexibility index (Phi) is 5.76. The smallest absolute Gasteiger partial charge is 0.225 e. The van der Waals surface area contributed by atoms with Gasteiger partial charge in [-0.2, -0.15) is 5.10 Å². The summed E-state index contributed by atoms with van der Waals surface area (Å²) in [6, 6.07) is 6.63. The second-order valence-electron chi connectivity index (χ2n) is 6.92. The van der Waals surface area contributed by atoms with Crippen molar-refractivity contribution < 1.29 is 19.0 Å². The second kappa shape index (κ2) is 8.06. The van der Waals surface area contributed by atoms with Crippen LogP contribution in [0.1, 0.15) is 29.5 Å². The third-order valence-electron chi connectivity index (χ3n) is 4.78. The van der Waals surface area contributed by atoms with Crippen LogP contribution in [-0.4, -0.2) is 58.3 Å². The van der Waals surface area contributed by atoms with Crippen molar-refractivity contribution in [2.75, 3.05) is 27.7 Å².